The summed E-state index contributed by atoms with van der Waals surface area (Å²) in [4.78, 5) is 1.84. The van der Waals surface area contributed by atoms with Crippen LogP contribution in [-0.4, -0.2) is 31.8 Å². The summed E-state index contributed by atoms with van der Waals surface area (Å²) in [6.45, 7) is 7.09. The van der Waals surface area contributed by atoms with Gasteiger partial charge in [0.05, 0.1) is 0 Å². The van der Waals surface area contributed by atoms with Crippen molar-refractivity contribution in [3.05, 3.63) is 0 Å². The largest absolute Gasteiger partial charge is 0.287 e. The van der Waals surface area contributed by atoms with Gasteiger partial charge in [0.15, 0.2) is 0 Å². The molecule has 0 fully saturated rings. The fraction of sp³-hybridized carbons (Fsp3) is 1.00. The van der Waals surface area contributed by atoms with Crippen molar-refractivity contribution < 1.29 is 8.42 Å². The van der Waals surface area contributed by atoms with Crippen molar-refractivity contribution in [2.45, 2.75) is 32.6 Å². The van der Waals surface area contributed by atoms with E-state index in [-0.39, 0.29) is 12.4 Å². The van der Waals surface area contributed by atoms with Crippen molar-refractivity contribution in [3.63, 3.8) is 0 Å². The Morgan fingerprint density at radius 2 is 1.62 bits per heavy atom. The number of halogens is 2. The standard InChI is InChI=1S/C7H16ClNO2S.ClH/c1-4-7(12(8,10)11)9(5-2)6-3;/h7H,4-6H2,1-3H3;1H. The predicted octanol–water partition coefficient (Wildman–Crippen LogP) is 2.05. The summed E-state index contributed by atoms with van der Waals surface area (Å²) in [5, 5.41) is -0.533. The minimum Gasteiger partial charge on any atom is -0.287 e. The zero-order valence-corrected chi connectivity index (χ0v) is 10.5. The van der Waals surface area contributed by atoms with Gasteiger partial charge in [-0.05, 0) is 19.5 Å². The van der Waals surface area contributed by atoms with Gasteiger partial charge in [0.2, 0.25) is 9.05 Å². The summed E-state index contributed by atoms with van der Waals surface area (Å²) in [5.74, 6) is 0. The molecule has 0 spiro atoms. The van der Waals surface area contributed by atoms with Gasteiger partial charge in [-0.2, -0.15) is 0 Å². The fourth-order valence-electron chi connectivity index (χ4n) is 1.27. The summed E-state index contributed by atoms with van der Waals surface area (Å²) in [5.41, 5.74) is 0. The summed E-state index contributed by atoms with van der Waals surface area (Å²) in [7, 11) is 1.84. The minimum atomic E-state index is -3.44. The van der Waals surface area contributed by atoms with E-state index in [1.165, 1.54) is 0 Å². The first-order valence-electron chi connectivity index (χ1n) is 4.14. The highest BCUT2D eigenvalue weighted by atomic mass is 35.7. The third-order valence-corrected chi connectivity index (χ3v) is 3.79. The monoisotopic (exact) mass is 249 g/mol. The second-order valence-corrected chi connectivity index (χ2v) is 5.35. The molecule has 0 aromatic rings. The molecule has 0 aromatic heterocycles. The molecule has 1 unspecified atom stereocenters. The van der Waals surface area contributed by atoms with Crippen molar-refractivity contribution in [1.82, 2.24) is 4.90 Å². The lowest BCUT2D eigenvalue weighted by atomic mass is 10.4. The SMILES string of the molecule is CCC(N(CC)CC)S(=O)(=O)Cl.Cl. The molecule has 0 radical (unpaired) electrons. The molecule has 0 amide bonds. The Bertz CT molecular complexity index is 215. The van der Waals surface area contributed by atoms with Gasteiger partial charge in [0, 0.05) is 10.7 Å². The predicted molar refractivity (Wildman–Crippen MR) is 59.0 cm³/mol. The van der Waals surface area contributed by atoms with Crippen molar-refractivity contribution in [3.8, 4) is 0 Å². The van der Waals surface area contributed by atoms with E-state index in [4.69, 9.17) is 10.7 Å². The van der Waals surface area contributed by atoms with Crippen LogP contribution in [0.1, 0.15) is 27.2 Å². The highest BCUT2D eigenvalue weighted by Crippen LogP contribution is 2.15. The van der Waals surface area contributed by atoms with Crippen LogP contribution in [0.4, 0.5) is 0 Å². The molecule has 82 valence electrons. The number of nitrogens with zero attached hydrogens (tertiary/aromatic N) is 1. The Hall–Kier alpha value is 0.490. The van der Waals surface area contributed by atoms with E-state index in [9.17, 15) is 8.42 Å². The number of hydrogen-bond donors (Lipinski definition) is 0. The molecule has 0 aliphatic heterocycles. The maximum absolute atomic E-state index is 11.0. The zero-order valence-electron chi connectivity index (χ0n) is 8.16. The molecule has 1 atom stereocenters. The average molecular weight is 250 g/mol. The van der Waals surface area contributed by atoms with Crippen LogP contribution in [0.2, 0.25) is 0 Å². The van der Waals surface area contributed by atoms with Gasteiger partial charge in [-0.3, -0.25) is 4.90 Å². The Labute approximate surface area is 91.3 Å². The molecule has 0 aromatic carbocycles. The normalized spacial score (nSPS) is 13.9. The van der Waals surface area contributed by atoms with Gasteiger partial charge in [-0.25, -0.2) is 8.42 Å². The molecule has 0 bridgehead atoms. The Balaban J connectivity index is 0. The van der Waals surface area contributed by atoms with E-state index in [1.807, 2.05) is 25.7 Å². The average Bonchev–Trinajstić information content (AvgIpc) is 1.97. The maximum Gasteiger partial charge on any atom is 0.248 e. The smallest absolute Gasteiger partial charge is 0.248 e. The molecule has 6 heteroatoms. The van der Waals surface area contributed by atoms with Crippen LogP contribution in [0.25, 0.3) is 0 Å². The fourth-order valence-corrected chi connectivity index (χ4v) is 3.03. The van der Waals surface area contributed by atoms with E-state index in [0.717, 1.165) is 0 Å². The van der Waals surface area contributed by atoms with Crippen molar-refractivity contribution in [2.24, 2.45) is 0 Å². The van der Waals surface area contributed by atoms with Crippen LogP contribution < -0.4 is 0 Å². The van der Waals surface area contributed by atoms with E-state index in [1.54, 1.807) is 0 Å². The van der Waals surface area contributed by atoms with Gasteiger partial charge >= 0.3 is 0 Å². The Kier molecular flexibility index (Phi) is 8.43. The maximum atomic E-state index is 11.0. The van der Waals surface area contributed by atoms with Crippen LogP contribution >= 0.6 is 23.1 Å². The van der Waals surface area contributed by atoms with E-state index in [0.29, 0.717) is 19.5 Å². The van der Waals surface area contributed by atoms with Crippen LogP contribution in [0.5, 0.6) is 0 Å². The van der Waals surface area contributed by atoms with Gasteiger partial charge in [-0.15, -0.1) is 12.4 Å². The lowest BCUT2D eigenvalue weighted by molar-refractivity contribution is 0.270. The third kappa shape index (κ3) is 5.05. The molecule has 0 saturated carbocycles. The van der Waals surface area contributed by atoms with Crippen molar-refractivity contribution in [1.29, 1.82) is 0 Å². The lowest BCUT2D eigenvalue weighted by Gasteiger charge is -2.25. The van der Waals surface area contributed by atoms with Crippen LogP contribution in [-0.2, 0) is 9.05 Å². The molecule has 13 heavy (non-hydrogen) atoms. The highest BCUT2D eigenvalue weighted by molar-refractivity contribution is 8.14. The molecule has 0 aliphatic rings. The Morgan fingerprint density at radius 3 is 1.69 bits per heavy atom. The minimum absolute atomic E-state index is 0. The number of hydrogen-bond acceptors (Lipinski definition) is 3. The molecule has 0 rings (SSSR count). The zero-order chi connectivity index (χ0) is 9.78. The second kappa shape index (κ2) is 6.87. The van der Waals surface area contributed by atoms with Crippen LogP contribution in [0, 0.1) is 0 Å². The summed E-state index contributed by atoms with van der Waals surface area (Å²) < 4.78 is 22.1. The first-order valence-corrected chi connectivity index (χ1v) is 6.52. The molecular weight excluding hydrogens is 233 g/mol. The number of rotatable bonds is 5. The van der Waals surface area contributed by atoms with Crippen molar-refractivity contribution >= 4 is 32.1 Å². The third-order valence-electron chi connectivity index (χ3n) is 1.89. The summed E-state index contributed by atoms with van der Waals surface area (Å²) in [6, 6.07) is 0. The molecule has 0 N–H and O–H groups in total. The quantitative estimate of drug-likeness (QED) is 0.701. The molecule has 3 nitrogen and oxygen atoms in total. The van der Waals surface area contributed by atoms with Gasteiger partial charge in [-0.1, -0.05) is 20.8 Å². The van der Waals surface area contributed by atoms with E-state index in [2.05, 4.69) is 0 Å². The van der Waals surface area contributed by atoms with E-state index < -0.39 is 14.4 Å². The van der Waals surface area contributed by atoms with Gasteiger partial charge < -0.3 is 0 Å². The summed E-state index contributed by atoms with van der Waals surface area (Å²) >= 11 is 0. The molecule has 0 heterocycles. The van der Waals surface area contributed by atoms with Crippen LogP contribution in [0.15, 0.2) is 0 Å². The van der Waals surface area contributed by atoms with Gasteiger partial charge in [0.25, 0.3) is 0 Å². The molecule has 0 aliphatic carbocycles. The highest BCUT2D eigenvalue weighted by Gasteiger charge is 2.25. The first kappa shape index (κ1) is 15.9. The Morgan fingerprint density at radius 1 is 1.23 bits per heavy atom. The molecule has 0 saturated heterocycles. The van der Waals surface area contributed by atoms with Crippen LogP contribution in [0.3, 0.4) is 0 Å². The van der Waals surface area contributed by atoms with Crippen molar-refractivity contribution in [2.75, 3.05) is 13.1 Å². The molecular formula is C7H17Cl2NO2S. The van der Waals surface area contributed by atoms with Gasteiger partial charge in [0.1, 0.15) is 5.37 Å². The second-order valence-electron chi connectivity index (χ2n) is 2.56. The topological polar surface area (TPSA) is 37.4 Å². The van der Waals surface area contributed by atoms with E-state index >= 15 is 0 Å². The first-order chi connectivity index (χ1) is 5.47. The lowest BCUT2D eigenvalue weighted by Crippen LogP contribution is -2.38. The summed E-state index contributed by atoms with van der Waals surface area (Å²) in [6.07, 6.45) is 0.535.